The predicted octanol–water partition coefficient (Wildman–Crippen LogP) is 2.21. The van der Waals surface area contributed by atoms with Crippen molar-refractivity contribution in [3.05, 3.63) is 43.2 Å². The molecular formula is C10H13N3S. The first-order valence-corrected chi connectivity index (χ1v) is 5.17. The van der Waals surface area contributed by atoms with E-state index < -0.39 is 0 Å². The Hall–Kier alpha value is -1.29. The molecule has 74 valence electrons. The van der Waals surface area contributed by atoms with Crippen LogP contribution >= 0.6 is 11.8 Å². The molecule has 0 aromatic carbocycles. The summed E-state index contributed by atoms with van der Waals surface area (Å²) in [7, 11) is 1.87. The van der Waals surface area contributed by atoms with E-state index in [1.165, 1.54) is 0 Å². The highest BCUT2D eigenvalue weighted by molar-refractivity contribution is 7.99. The molecular weight excluding hydrogens is 194 g/mol. The van der Waals surface area contributed by atoms with Crippen molar-refractivity contribution in [1.82, 2.24) is 15.0 Å². The van der Waals surface area contributed by atoms with Crippen molar-refractivity contribution in [3.8, 4) is 0 Å². The zero-order valence-corrected chi connectivity index (χ0v) is 9.00. The van der Waals surface area contributed by atoms with Crippen molar-refractivity contribution in [2.24, 2.45) is 7.05 Å². The standard InChI is InChI=1S/C10H13N3S/c1-4-5-6-9(2)8-14-10-7-11-12-13(10)3/h4-7H,1-2,8H2,3H3/b6-5-. The highest BCUT2D eigenvalue weighted by atomic mass is 32.2. The fourth-order valence-electron chi connectivity index (χ4n) is 0.830. The van der Waals surface area contributed by atoms with Crippen LogP contribution in [0.4, 0.5) is 0 Å². The van der Waals surface area contributed by atoms with Gasteiger partial charge in [-0.15, -0.1) is 16.9 Å². The van der Waals surface area contributed by atoms with Gasteiger partial charge in [-0.25, -0.2) is 4.68 Å². The summed E-state index contributed by atoms with van der Waals surface area (Å²) >= 11 is 1.67. The number of allylic oxidation sites excluding steroid dienone is 3. The van der Waals surface area contributed by atoms with Crippen LogP contribution in [0.1, 0.15) is 0 Å². The van der Waals surface area contributed by atoms with Gasteiger partial charge in [-0.3, -0.25) is 0 Å². The largest absolute Gasteiger partial charge is 0.242 e. The number of nitrogens with zero attached hydrogens (tertiary/aromatic N) is 3. The zero-order valence-electron chi connectivity index (χ0n) is 8.18. The summed E-state index contributed by atoms with van der Waals surface area (Å²) in [4.78, 5) is 0. The molecule has 0 bridgehead atoms. The molecule has 4 heteroatoms. The highest BCUT2D eigenvalue weighted by Gasteiger charge is 1.99. The molecule has 14 heavy (non-hydrogen) atoms. The van der Waals surface area contributed by atoms with Crippen molar-refractivity contribution >= 4 is 11.8 Å². The maximum absolute atomic E-state index is 3.92. The van der Waals surface area contributed by atoms with Crippen LogP contribution in [0.2, 0.25) is 0 Å². The van der Waals surface area contributed by atoms with Gasteiger partial charge in [0.25, 0.3) is 0 Å². The van der Waals surface area contributed by atoms with Crippen molar-refractivity contribution in [2.75, 3.05) is 5.75 Å². The van der Waals surface area contributed by atoms with Gasteiger partial charge in [-0.05, 0) is 5.57 Å². The van der Waals surface area contributed by atoms with Crippen LogP contribution in [-0.2, 0) is 7.05 Å². The van der Waals surface area contributed by atoms with Gasteiger partial charge >= 0.3 is 0 Å². The Morgan fingerprint density at radius 2 is 2.50 bits per heavy atom. The second-order valence-corrected chi connectivity index (χ2v) is 3.73. The quantitative estimate of drug-likeness (QED) is 0.548. The molecule has 0 saturated heterocycles. The van der Waals surface area contributed by atoms with Gasteiger partial charge in [0, 0.05) is 12.8 Å². The van der Waals surface area contributed by atoms with Crippen LogP contribution in [0.5, 0.6) is 0 Å². The molecule has 0 atom stereocenters. The van der Waals surface area contributed by atoms with Crippen LogP contribution < -0.4 is 0 Å². The molecule has 1 aromatic rings. The molecule has 3 nitrogen and oxygen atoms in total. The summed E-state index contributed by atoms with van der Waals surface area (Å²) in [5, 5.41) is 8.67. The van der Waals surface area contributed by atoms with Crippen LogP contribution in [0.3, 0.4) is 0 Å². The summed E-state index contributed by atoms with van der Waals surface area (Å²) in [6.45, 7) is 7.51. The Kier molecular flexibility index (Phi) is 4.19. The molecule has 1 rings (SSSR count). The molecule has 1 aromatic heterocycles. The molecule has 1 heterocycles. The van der Waals surface area contributed by atoms with Gasteiger partial charge in [-0.2, -0.15) is 0 Å². The van der Waals surface area contributed by atoms with Crippen LogP contribution in [0.15, 0.2) is 48.2 Å². The number of aryl methyl sites for hydroxylation is 1. The minimum absolute atomic E-state index is 0.839. The smallest absolute Gasteiger partial charge is 0.114 e. The lowest BCUT2D eigenvalue weighted by Gasteiger charge is -1.99. The number of rotatable bonds is 5. The van der Waals surface area contributed by atoms with Crippen molar-refractivity contribution in [2.45, 2.75) is 5.03 Å². The van der Waals surface area contributed by atoms with Gasteiger partial charge in [0.2, 0.25) is 0 Å². The topological polar surface area (TPSA) is 30.7 Å². The molecule has 0 fully saturated rings. The lowest BCUT2D eigenvalue weighted by Crippen LogP contribution is -1.93. The Morgan fingerprint density at radius 1 is 1.71 bits per heavy atom. The summed E-state index contributed by atoms with van der Waals surface area (Å²) in [6, 6.07) is 0. The Labute approximate surface area is 88.2 Å². The molecule has 0 N–H and O–H groups in total. The van der Waals surface area contributed by atoms with Crippen molar-refractivity contribution < 1.29 is 0 Å². The van der Waals surface area contributed by atoms with Crippen molar-refractivity contribution in [3.63, 3.8) is 0 Å². The third-order valence-corrected chi connectivity index (χ3v) is 2.73. The summed E-state index contributed by atoms with van der Waals surface area (Å²) < 4.78 is 1.75. The van der Waals surface area contributed by atoms with E-state index in [1.807, 2.05) is 19.2 Å². The second kappa shape index (κ2) is 5.44. The average Bonchev–Trinajstić information content (AvgIpc) is 2.58. The molecule has 0 aliphatic carbocycles. The van der Waals surface area contributed by atoms with E-state index >= 15 is 0 Å². The first-order valence-electron chi connectivity index (χ1n) is 4.18. The SMILES string of the molecule is C=C/C=C\C(=C)CSc1cnnn1C. The van der Waals surface area contributed by atoms with Crippen LogP contribution in [0.25, 0.3) is 0 Å². The fraction of sp³-hybridized carbons (Fsp3) is 0.200. The number of thioether (sulfide) groups is 1. The van der Waals surface area contributed by atoms with E-state index in [4.69, 9.17) is 0 Å². The molecule has 0 aliphatic heterocycles. The lowest BCUT2D eigenvalue weighted by atomic mass is 10.3. The number of hydrogen-bond acceptors (Lipinski definition) is 3. The first kappa shape index (κ1) is 10.8. The van der Waals surface area contributed by atoms with E-state index in [1.54, 1.807) is 28.7 Å². The third-order valence-electron chi connectivity index (χ3n) is 1.55. The van der Waals surface area contributed by atoms with Gasteiger partial charge in [0.05, 0.1) is 6.20 Å². The maximum Gasteiger partial charge on any atom is 0.114 e. The minimum atomic E-state index is 0.839. The van der Waals surface area contributed by atoms with E-state index in [2.05, 4.69) is 23.5 Å². The summed E-state index contributed by atoms with van der Waals surface area (Å²) in [6.07, 6.45) is 7.31. The van der Waals surface area contributed by atoms with Gasteiger partial charge in [0.1, 0.15) is 5.03 Å². The van der Waals surface area contributed by atoms with Gasteiger partial charge < -0.3 is 0 Å². The third kappa shape index (κ3) is 3.22. The van der Waals surface area contributed by atoms with Gasteiger partial charge in [0.15, 0.2) is 0 Å². The molecule has 0 unspecified atom stereocenters. The molecule has 0 amide bonds. The monoisotopic (exact) mass is 207 g/mol. The molecule has 0 saturated carbocycles. The zero-order chi connectivity index (χ0) is 10.4. The van der Waals surface area contributed by atoms with Gasteiger partial charge in [-0.1, -0.05) is 36.6 Å². The molecule has 0 aliphatic rings. The van der Waals surface area contributed by atoms with Crippen LogP contribution in [0, 0.1) is 0 Å². The normalized spacial score (nSPS) is 10.6. The minimum Gasteiger partial charge on any atom is -0.242 e. The number of hydrogen-bond donors (Lipinski definition) is 0. The fourth-order valence-corrected chi connectivity index (χ4v) is 1.60. The molecule has 0 spiro atoms. The Balaban J connectivity index is 2.41. The van der Waals surface area contributed by atoms with E-state index in [0.29, 0.717) is 0 Å². The Morgan fingerprint density at radius 3 is 3.07 bits per heavy atom. The predicted molar refractivity (Wildman–Crippen MR) is 60.2 cm³/mol. The highest BCUT2D eigenvalue weighted by Crippen LogP contribution is 2.17. The summed E-state index contributed by atoms with van der Waals surface area (Å²) in [5.74, 6) is 0.839. The Bertz CT molecular complexity index is 352. The summed E-state index contributed by atoms with van der Waals surface area (Å²) in [5.41, 5.74) is 1.05. The number of aromatic nitrogens is 3. The maximum atomic E-state index is 3.92. The average molecular weight is 207 g/mol. The second-order valence-electron chi connectivity index (χ2n) is 2.74. The van der Waals surface area contributed by atoms with Crippen LogP contribution in [-0.4, -0.2) is 20.7 Å². The van der Waals surface area contributed by atoms with Crippen molar-refractivity contribution in [1.29, 1.82) is 0 Å². The van der Waals surface area contributed by atoms with E-state index in [-0.39, 0.29) is 0 Å². The van der Waals surface area contributed by atoms with E-state index in [9.17, 15) is 0 Å². The molecule has 0 radical (unpaired) electrons. The van der Waals surface area contributed by atoms with E-state index in [0.717, 1.165) is 16.4 Å². The lowest BCUT2D eigenvalue weighted by molar-refractivity contribution is 0.665. The first-order chi connectivity index (χ1) is 6.74.